The number of quaternary nitrogens is 1. The number of imide groups is 1. The number of hydrogen-bond acceptors (Lipinski definition) is 5. The van der Waals surface area contributed by atoms with Gasteiger partial charge < -0.3 is 20.1 Å². The van der Waals surface area contributed by atoms with Crippen LogP contribution in [0.1, 0.15) is 39.1 Å². The van der Waals surface area contributed by atoms with Crippen molar-refractivity contribution in [2.45, 2.75) is 31.5 Å². The molecule has 0 bridgehead atoms. The van der Waals surface area contributed by atoms with E-state index >= 15 is 0 Å². The first-order chi connectivity index (χ1) is 21.0. The summed E-state index contributed by atoms with van der Waals surface area (Å²) in [5.74, 6) is -3.65. The van der Waals surface area contributed by atoms with Gasteiger partial charge in [0.15, 0.2) is 0 Å². The zero-order chi connectivity index (χ0) is 31.4. The Labute approximate surface area is 256 Å². The van der Waals surface area contributed by atoms with E-state index in [-0.39, 0.29) is 11.8 Å². The van der Waals surface area contributed by atoms with Gasteiger partial charge in [0, 0.05) is 57.9 Å². The molecule has 7 nitrogen and oxygen atoms in total. The third-order valence-electron chi connectivity index (χ3n) is 7.87. The van der Waals surface area contributed by atoms with Crippen LogP contribution in [-0.4, -0.2) is 49.6 Å². The van der Waals surface area contributed by atoms with E-state index in [1.807, 2.05) is 24.3 Å². The Morgan fingerprint density at radius 2 is 1.55 bits per heavy atom. The van der Waals surface area contributed by atoms with Gasteiger partial charge in [-0.25, -0.2) is 4.90 Å². The Morgan fingerprint density at radius 3 is 2.18 bits per heavy atom. The molecule has 0 aliphatic carbocycles. The number of nitrogens with zero attached hydrogens (tertiary/aromatic N) is 1. The molecule has 2 aliphatic heterocycles. The van der Waals surface area contributed by atoms with Gasteiger partial charge >= 0.3 is 6.18 Å². The number of carbonyl (C=O) groups excluding carboxylic acids is 3. The maximum absolute atomic E-state index is 13.5. The fraction of sp³-hybridized carbons (Fsp3) is 0.242. The van der Waals surface area contributed by atoms with Crippen molar-refractivity contribution in [2.24, 2.45) is 0 Å². The number of likely N-dealkylation sites (tertiary alicyclic amines) is 1. The fourth-order valence-corrected chi connectivity index (χ4v) is 5.86. The zero-order valence-electron chi connectivity index (χ0n) is 23.5. The number of halogens is 4. The average Bonchev–Trinajstić information content (AvgIpc) is 3.00. The second kappa shape index (κ2) is 13.1. The molecule has 2 aliphatic rings. The van der Waals surface area contributed by atoms with Crippen LogP contribution in [0.25, 0.3) is 10.8 Å². The number of piperidine rings is 1. The number of aliphatic carboxylic acids is 1. The number of nitrogens with one attached hydrogen (secondary N) is 2. The topological polar surface area (TPSA) is 94.0 Å². The van der Waals surface area contributed by atoms with E-state index in [9.17, 15) is 22.8 Å². The van der Waals surface area contributed by atoms with Crippen molar-refractivity contribution < 1.29 is 37.6 Å². The van der Waals surface area contributed by atoms with Gasteiger partial charge in [-0.3, -0.25) is 9.59 Å². The molecular formula is C33H29ClF3N3O4. The molecule has 6 rings (SSSR count). The molecule has 0 atom stereocenters. The number of hydrogen-bond donors (Lipinski definition) is 2. The van der Waals surface area contributed by atoms with Gasteiger partial charge in [-0.2, -0.15) is 13.2 Å². The Kier molecular flexibility index (Phi) is 9.22. The second-order valence-electron chi connectivity index (χ2n) is 10.8. The summed E-state index contributed by atoms with van der Waals surface area (Å²) in [6.07, 6.45) is -1.90. The molecule has 44 heavy (non-hydrogen) atoms. The first kappa shape index (κ1) is 31.0. The van der Waals surface area contributed by atoms with Crippen LogP contribution in [0.3, 0.4) is 0 Å². The van der Waals surface area contributed by atoms with Crippen molar-refractivity contribution in [3.05, 3.63) is 107 Å². The van der Waals surface area contributed by atoms with Crippen molar-refractivity contribution in [1.82, 2.24) is 0 Å². The third kappa shape index (κ3) is 6.87. The quantitative estimate of drug-likeness (QED) is 0.313. The van der Waals surface area contributed by atoms with E-state index in [2.05, 4.69) is 35.6 Å². The number of anilines is 2. The lowest BCUT2D eigenvalue weighted by Gasteiger charge is -2.31. The van der Waals surface area contributed by atoms with Crippen LogP contribution in [0, 0.1) is 0 Å². The Hall–Kier alpha value is -4.41. The first-order valence-electron chi connectivity index (χ1n) is 14.1. The van der Waals surface area contributed by atoms with E-state index in [1.54, 1.807) is 35.2 Å². The van der Waals surface area contributed by atoms with Gasteiger partial charge in [-0.1, -0.05) is 60.1 Å². The van der Waals surface area contributed by atoms with Crippen LogP contribution in [0.4, 0.5) is 24.5 Å². The highest BCUT2D eigenvalue weighted by Gasteiger charge is 2.35. The lowest BCUT2D eigenvalue weighted by atomic mass is 9.92. The molecule has 2 heterocycles. The number of carboxylic acid groups (broad SMARTS) is 1. The minimum atomic E-state index is -5.19. The van der Waals surface area contributed by atoms with Crippen molar-refractivity contribution in [1.29, 1.82) is 0 Å². The number of benzene rings is 4. The predicted octanol–water partition coefficient (Wildman–Crippen LogP) is 4.29. The first-order valence-corrected chi connectivity index (χ1v) is 14.5. The lowest BCUT2D eigenvalue weighted by Crippen LogP contribution is -3.13. The van der Waals surface area contributed by atoms with Crippen LogP contribution in [0.15, 0.2) is 84.9 Å². The van der Waals surface area contributed by atoms with E-state index in [1.165, 1.54) is 10.5 Å². The van der Waals surface area contributed by atoms with Crippen LogP contribution in [-0.2, 0) is 11.2 Å². The maximum atomic E-state index is 13.5. The number of rotatable bonds is 6. The fourth-order valence-electron chi connectivity index (χ4n) is 5.68. The Bertz CT molecular complexity index is 1670. The SMILES string of the molecule is O=C([O-])C(F)(F)F.O=C1c2cccc3c(NC4CC[NH+](CCc5ccccc5)CC4)ccc(c23)C(=O)N1c1cccc(Cl)c1. The Balaban J connectivity index is 0.000000493. The van der Waals surface area contributed by atoms with Crippen molar-refractivity contribution in [3.8, 4) is 0 Å². The summed E-state index contributed by atoms with van der Waals surface area (Å²) in [4.78, 5) is 38.6. The molecule has 0 spiro atoms. The summed E-state index contributed by atoms with van der Waals surface area (Å²) < 4.78 is 31.5. The van der Waals surface area contributed by atoms with Crippen LogP contribution >= 0.6 is 11.6 Å². The highest BCUT2D eigenvalue weighted by atomic mass is 35.5. The number of carboxylic acids is 1. The number of carbonyl (C=O) groups is 3. The van der Waals surface area contributed by atoms with Crippen molar-refractivity contribution in [2.75, 3.05) is 29.9 Å². The van der Waals surface area contributed by atoms with E-state index in [0.29, 0.717) is 27.9 Å². The van der Waals surface area contributed by atoms with Crippen LogP contribution in [0.5, 0.6) is 0 Å². The molecule has 4 aromatic rings. The summed E-state index contributed by atoms with van der Waals surface area (Å²) in [7, 11) is 0. The smallest absolute Gasteiger partial charge is 0.430 e. The third-order valence-corrected chi connectivity index (χ3v) is 8.10. The molecule has 2 N–H and O–H groups in total. The van der Waals surface area contributed by atoms with Crippen LogP contribution < -0.4 is 20.2 Å². The van der Waals surface area contributed by atoms with Gasteiger partial charge in [0.2, 0.25) is 0 Å². The van der Waals surface area contributed by atoms with Crippen molar-refractivity contribution in [3.63, 3.8) is 0 Å². The minimum absolute atomic E-state index is 0.321. The van der Waals surface area contributed by atoms with Gasteiger partial charge in [0.25, 0.3) is 11.8 Å². The summed E-state index contributed by atoms with van der Waals surface area (Å²) >= 11 is 6.15. The average molecular weight is 624 g/mol. The molecule has 1 fully saturated rings. The molecule has 0 radical (unpaired) electrons. The lowest BCUT2D eigenvalue weighted by molar-refractivity contribution is -0.904. The number of alkyl halides is 3. The monoisotopic (exact) mass is 623 g/mol. The number of amides is 2. The highest BCUT2D eigenvalue weighted by Crippen LogP contribution is 2.37. The van der Waals surface area contributed by atoms with E-state index in [0.717, 1.165) is 55.4 Å². The molecule has 2 amide bonds. The molecule has 1 saturated heterocycles. The molecule has 0 unspecified atom stereocenters. The minimum Gasteiger partial charge on any atom is -0.542 e. The van der Waals surface area contributed by atoms with Crippen LogP contribution in [0.2, 0.25) is 5.02 Å². The largest absolute Gasteiger partial charge is 0.542 e. The van der Waals surface area contributed by atoms with Gasteiger partial charge in [0.05, 0.1) is 25.3 Å². The van der Waals surface area contributed by atoms with Gasteiger partial charge in [0.1, 0.15) is 5.97 Å². The normalized spacial score (nSPS) is 18.0. The maximum Gasteiger partial charge on any atom is 0.430 e. The van der Waals surface area contributed by atoms with E-state index in [4.69, 9.17) is 21.5 Å². The predicted molar refractivity (Wildman–Crippen MR) is 160 cm³/mol. The molecular weight excluding hydrogens is 595 g/mol. The molecule has 0 saturated carbocycles. The molecule has 4 aromatic carbocycles. The Morgan fingerprint density at radius 1 is 0.909 bits per heavy atom. The summed E-state index contributed by atoms with van der Waals surface area (Å²) in [5, 5.41) is 14.6. The second-order valence-corrected chi connectivity index (χ2v) is 11.2. The molecule has 228 valence electrons. The summed E-state index contributed by atoms with van der Waals surface area (Å²) in [6, 6.07) is 27.4. The molecule has 11 heteroatoms. The van der Waals surface area contributed by atoms with E-state index < -0.39 is 12.1 Å². The highest BCUT2D eigenvalue weighted by molar-refractivity contribution is 6.37. The van der Waals surface area contributed by atoms with Crippen molar-refractivity contribution >= 4 is 51.5 Å². The molecule has 0 aromatic heterocycles. The zero-order valence-corrected chi connectivity index (χ0v) is 24.3. The summed E-state index contributed by atoms with van der Waals surface area (Å²) in [6.45, 7) is 3.43. The van der Waals surface area contributed by atoms with Gasteiger partial charge in [-0.05, 0) is 42.0 Å². The summed E-state index contributed by atoms with van der Waals surface area (Å²) in [5.41, 5.74) is 3.94. The standard InChI is InChI=1S/C31H28ClN3O2.C2HF3O2/c32-22-8-4-9-24(20-22)35-30(36)26-11-5-10-25-28(13-12-27(29(25)26)31(35)37)33-23-15-18-34(19-16-23)17-14-21-6-2-1-3-7-21;3-2(4,5)1(6)7/h1-13,20,23,33H,14-19H2;(H,6,7). The van der Waals surface area contributed by atoms with Gasteiger partial charge in [-0.15, -0.1) is 0 Å².